The zero-order valence-corrected chi connectivity index (χ0v) is 19.8. The average Bonchev–Trinajstić information content (AvgIpc) is 2.75. The molecule has 0 atom stereocenters. The molecule has 1 amide bonds. The molecule has 1 N–H and O–H groups in total. The topological polar surface area (TPSA) is 69.7 Å². The Balaban J connectivity index is 1.90. The van der Waals surface area contributed by atoms with Gasteiger partial charge in [-0.05, 0) is 65.5 Å². The molecular formula is C22H28BrN3O3S. The van der Waals surface area contributed by atoms with Crippen molar-refractivity contribution in [3.63, 3.8) is 0 Å². The summed E-state index contributed by atoms with van der Waals surface area (Å²) in [4.78, 5) is 15.5. The molecule has 2 aromatic rings. The number of nitrogens with one attached hydrogen (secondary N) is 1. The molecule has 0 spiro atoms. The van der Waals surface area contributed by atoms with Gasteiger partial charge in [-0.15, -0.1) is 0 Å². The molecule has 2 aromatic carbocycles. The van der Waals surface area contributed by atoms with Crippen LogP contribution in [0.25, 0.3) is 0 Å². The number of halogens is 1. The van der Waals surface area contributed by atoms with Crippen LogP contribution >= 0.6 is 15.9 Å². The summed E-state index contributed by atoms with van der Waals surface area (Å²) in [6.45, 7) is 6.28. The van der Waals surface area contributed by atoms with Crippen molar-refractivity contribution >= 4 is 43.2 Å². The highest BCUT2D eigenvalue weighted by molar-refractivity contribution is 9.10. The van der Waals surface area contributed by atoms with Crippen molar-refractivity contribution in [3.8, 4) is 0 Å². The SMILES string of the molecule is CCN(CC)S(=O)(=O)c1ccc(Br)c(C(=O)Nc2ccccc2N2CCCCC2)c1. The van der Waals surface area contributed by atoms with Crippen molar-refractivity contribution in [3.05, 3.63) is 52.5 Å². The molecule has 1 aliphatic rings. The molecule has 1 heterocycles. The normalized spacial score (nSPS) is 14.7. The monoisotopic (exact) mass is 493 g/mol. The standard InChI is InChI=1S/C22H28BrN3O3S/c1-3-26(4-2)30(28,29)17-12-13-19(23)18(16-17)22(27)24-20-10-6-7-11-21(20)25-14-8-5-9-15-25/h6-7,10-13,16H,3-5,8-9,14-15H2,1-2H3,(H,24,27). The number of carbonyl (C=O) groups excluding carboxylic acids is 1. The lowest BCUT2D eigenvalue weighted by molar-refractivity contribution is 0.102. The highest BCUT2D eigenvalue weighted by Crippen LogP contribution is 2.30. The summed E-state index contributed by atoms with van der Waals surface area (Å²) in [6, 6.07) is 12.3. The van der Waals surface area contributed by atoms with E-state index in [0.29, 0.717) is 17.6 Å². The highest BCUT2D eigenvalue weighted by Gasteiger charge is 2.24. The van der Waals surface area contributed by atoms with E-state index in [-0.39, 0.29) is 16.4 Å². The molecular weight excluding hydrogens is 466 g/mol. The molecule has 0 aliphatic carbocycles. The number of sulfonamides is 1. The van der Waals surface area contributed by atoms with Crippen molar-refractivity contribution in [1.29, 1.82) is 0 Å². The Labute approximate surface area is 187 Å². The predicted octanol–water partition coefficient (Wildman–Crippen LogP) is 4.72. The van der Waals surface area contributed by atoms with Crippen LogP contribution < -0.4 is 10.2 Å². The van der Waals surface area contributed by atoms with E-state index in [2.05, 4.69) is 26.1 Å². The van der Waals surface area contributed by atoms with Crippen LogP contribution in [0, 0.1) is 0 Å². The molecule has 0 aromatic heterocycles. The summed E-state index contributed by atoms with van der Waals surface area (Å²) in [7, 11) is -3.65. The van der Waals surface area contributed by atoms with Gasteiger partial charge in [-0.1, -0.05) is 26.0 Å². The lowest BCUT2D eigenvalue weighted by Gasteiger charge is -2.30. The molecule has 8 heteroatoms. The van der Waals surface area contributed by atoms with Gasteiger partial charge in [0.1, 0.15) is 0 Å². The minimum atomic E-state index is -3.65. The summed E-state index contributed by atoms with van der Waals surface area (Å²) in [5.74, 6) is -0.345. The summed E-state index contributed by atoms with van der Waals surface area (Å²) in [5, 5.41) is 2.98. The van der Waals surface area contributed by atoms with Crippen molar-refractivity contribution < 1.29 is 13.2 Å². The van der Waals surface area contributed by atoms with Gasteiger partial charge in [0.15, 0.2) is 0 Å². The van der Waals surface area contributed by atoms with Gasteiger partial charge in [0.25, 0.3) is 5.91 Å². The maximum absolute atomic E-state index is 13.1. The smallest absolute Gasteiger partial charge is 0.256 e. The summed E-state index contributed by atoms with van der Waals surface area (Å²) in [5.41, 5.74) is 2.01. The lowest BCUT2D eigenvalue weighted by Crippen LogP contribution is -2.31. The third kappa shape index (κ3) is 4.87. The first-order valence-electron chi connectivity index (χ1n) is 10.3. The van der Waals surface area contributed by atoms with Gasteiger partial charge < -0.3 is 10.2 Å². The van der Waals surface area contributed by atoms with Gasteiger partial charge in [0.2, 0.25) is 10.0 Å². The Hall–Kier alpha value is -1.90. The van der Waals surface area contributed by atoms with E-state index >= 15 is 0 Å². The molecule has 0 bridgehead atoms. The number of anilines is 2. The Bertz CT molecular complexity index is 1000. The number of hydrogen-bond acceptors (Lipinski definition) is 4. The number of rotatable bonds is 7. The second-order valence-electron chi connectivity index (χ2n) is 7.25. The minimum absolute atomic E-state index is 0.115. The molecule has 0 radical (unpaired) electrons. The van der Waals surface area contributed by atoms with Crippen LogP contribution in [0.15, 0.2) is 51.8 Å². The Kier molecular flexibility index (Phi) is 7.55. The van der Waals surface area contributed by atoms with Crippen molar-refractivity contribution in [2.45, 2.75) is 38.0 Å². The third-order valence-electron chi connectivity index (χ3n) is 5.37. The fourth-order valence-corrected chi connectivity index (χ4v) is 5.64. The van der Waals surface area contributed by atoms with Gasteiger partial charge in [-0.3, -0.25) is 4.79 Å². The summed E-state index contributed by atoms with van der Waals surface area (Å²) in [6.07, 6.45) is 3.50. The predicted molar refractivity (Wildman–Crippen MR) is 125 cm³/mol. The molecule has 0 unspecified atom stereocenters. The molecule has 3 rings (SSSR count). The summed E-state index contributed by atoms with van der Waals surface area (Å²) >= 11 is 3.40. The molecule has 1 fully saturated rings. The lowest BCUT2D eigenvalue weighted by atomic mass is 10.1. The van der Waals surface area contributed by atoms with Crippen LogP contribution in [0.4, 0.5) is 11.4 Å². The van der Waals surface area contributed by atoms with Crippen molar-refractivity contribution in [2.75, 3.05) is 36.4 Å². The molecule has 6 nitrogen and oxygen atoms in total. The summed E-state index contributed by atoms with van der Waals surface area (Å²) < 4.78 is 27.7. The number of benzene rings is 2. The fraction of sp³-hybridized carbons (Fsp3) is 0.409. The van der Waals surface area contributed by atoms with Gasteiger partial charge in [0, 0.05) is 30.7 Å². The maximum atomic E-state index is 13.1. The zero-order valence-electron chi connectivity index (χ0n) is 17.4. The Morgan fingerprint density at radius 2 is 1.73 bits per heavy atom. The van der Waals surface area contributed by atoms with Crippen molar-refractivity contribution in [2.24, 2.45) is 0 Å². The number of para-hydroxylation sites is 2. The number of carbonyl (C=O) groups is 1. The molecule has 162 valence electrons. The molecule has 30 heavy (non-hydrogen) atoms. The van der Waals surface area contributed by atoms with Crippen LogP contribution in [0.2, 0.25) is 0 Å². The van der Waals surface area contributed by atoms with Gasteiger partial charge in [-0.25, -0.2) is 8.42 Å². The van der Waals surface area contributed by atoms with E-state index in [0.717, 1.165) is 37.3 Å². The van der Waals surface area contributed by atoms with E-state index in [4.69, 9.17) is 0 Å². The van der Waals surface area contributed by atoms with E-state index in [1.165, 1.54) is 22.9 Å². The number of hydrogen-bond donors (Lipinski definition) is 1. The average molecular weight is 494 g/mol. The number of nitrogens with zero attached hydrogens (tertiary/aromatic N) is 2. The first kappa shape index (κ1) is 22.8. The second kappa shape index (κ2) is 9.94. The quantitative estimate of drug-likeness (QED) is 0.605. The van der Waals surface area contributed by atoms with Gasteiger partial charge in [0.05, 0.1) is 21.8 Å². The molecule has 1 saturated heterocycles. The van der Waals surface area contributed by atoms with Crippen LogP contribution in [0.1, 0.15) is 43.5 Å². The fourth-order valence-electron chi connectivity index (χ4n) is 3.73. The first-order valence-corrected chi connectivity index (χ1v) is 12.6. The van der Waals surface area contributed by atoms with Crippen molar-refractivity contribution in [1.82, 2.24) is 4.31 Å². The van der Waals surface area contributed by atoms with Crippen LogP contribution in [-0.4, -0.2) is 44.8 Å². The van der Waals surface area contributed by atoms with Gasteiger partial charge in [-0.2, -0.15) is 4.31 Å². The van der Waals surface area contributed by atoms with E-state index < -0.39 is 10.0 Å². The van der Waals surface area contributed by atoms with Crippen LogP contribution in [0.3, 0.4) is 0 Å². The van der Waals surface area contributed by atoms with E-state index in [9.17, 15) is 13.2 Å². The van der Waals surface area contributed by atoms with E-state index in [1.54, 1.807) is 19.9 Å². The Morgan fingerprint density at radius 3 is 2.40 bits per heavy atom. The zero-order chi connectivity index (χ0) is 21.7. The third-order valence-corrected chi connectivity index (χ3v) is 8.11. The van der Waals surface area contributed by atoms with Crippen LogP contribution in [-0.2, 0) is 10.0 Å². The Morgan fingerprint density at radius 1 is 1.07 bits per heavy atom. The molecule has 0 saturated carbocycles. The second-order valence-corrected chi connectivity index (χ2v) is 10.0. The highest BCUT2D eigenvalue weighted by atomic mass is 79.9. The van der Waals surface area contributed by atoms with Crippen LogP contribution in [0.5, 0.6) is 0 Å². The van der Waals surface area contributed by atoms with E-state index in [1.807, 2.05) is 24.3 Å². The van der Waals surface area contributed by atoms with Gasteiger partial charge >= 0.3 is 0 Å². The minimum Gasteiger partial charge on any atom is -0.370 e. The number of amides is 1. The molecule has 1 aliphatic heterocycles. The first-order chi connectivity index (χ1) is 14.4. The largest absolute Gasteiger partial charge is 0.370 e. The maximum Gasteiger partial charge on any atom is 0.256 e. The number of piperidine rings is 1.